The molecule has 0 radical (unpaired) electrons. The second-order valence-electron chi connectivity index (χ2n) is 5.47. The summed E-state index contributed by atoms with van der Waals surface area (Å²) in [5, 5.41) is 3.00. The number of hydrogen-bond donors (Lipinski definition) is 1. The van der Waals surface area contributed by atoms with Crippen LogP contribution in [0.1, 0.15) is 34.6 Å². The lowest BCUT2D eigenvalue weighted by atomic mass is 10.0. The molecule has 100 valence electrons. The number of aromatic nitrogens is 2. The molecule has 1 heterocycles. The van der Waals surface area contributed by atoms with Gasteiger partial charge in [-0.1, -0.05) is 13.8 Å². The molecule has 0 saturated heterocycles. The largest absolute Gasteiger partial charge is 0.458 e. The molecule has 5 heteroatoms. The number of anilines is 1. The fourth-order valence-electron chi connectivity index (χ4n) is 1.38. The third-order valence-electron chi connectivity index (χ3n) is 2.18. The lowest BCUT2D eigenvalue weighted by Gasteiger charge is -2.26. The summed E-state index contributed by atoms with van der Waals surface area (Å²) in [4.78, 5) is 20.2. The lowest BCUT2D eigenvalue weighted by molar-refractivity contribution is -0.156. The van der Waals surface area contributed by atoms with Crippen LogP contribution in [-0.4, -0.2) is 27.6 Å². The average Bonchev–Trinajstić information content (AvgIpc) is 2.24. The highest BCUT2D eigenvalue weighted by Gasteiger charge is 2.28. The minimum absolute atomic E-state index is 0.0867. The minimum atomic E-state index is -0.497. The van der Waals surface area contributed by atoms with Crippen LogP contribution in [0.5, 0.6) is 0 Å². The van der Waals surface area contributed by atoms with E-state index in [1.165, 1.54) is 0 Å². The van der Waals surface area contributed by atoms with E-state index in [2.05, 4.69) is 15.3 Å². The van der Waals surface area contributed by atoms with Crippen molar-refractivity contribution in [1.82, 2.24) is 9.97 Å². The van der Waals surface area contributed by atoms with Crippen LogP contribution in [0.15, 0.2) is 18.5 Å². The summed E-state index contributed by atoms with van der Waals surface area (Å²) >= 11 is 0. The topological polar surface area (TPSA) is 64.1 Å². The Morgan fingerprint density at radius 3 is 2.28 bits per heavy atom. The Kier molecular flexibility index (Phi) is 4.64. The zero-order chi connectivity index (χ0) is 13.8. The van der Waals surface area contributed by atoms with Crippen LogP contribution in [-0.2, 0) is 9.53 Å². The third kappa shape index (κ3) is 4.69. The van der Waals surface area contributed by atoms with Gasteiger partial charge in [0.1, 0.15) is 11.6 Å². The van der Waals surface area contributed by atoms with E-state index in [4.69, 9.17) is 4.74 Å². The number of ether oxygens (including phenoxy) is 1. The van der Waals surface area contributed by atoms with E-state index < -0.39 is 11.6 Å². The third-order valence-corrected chi connectivity index (χ3v) is 2.18. The highest BCUT2D eigenvalue weighted by Crippen LogP contribution is 2.14. The maximum absolute atomic E-state index is 12.1. The van der Waals surface area contributed by atoms with Gasteiger partial charge in [-0.15, -0.1) is 0 Å². The molecular formula is C13H21N3O2. The molecule has 0 aromatic carbocycles. The van der Waals surface area contributed by atoms with Crippen molar-refractivity contribution < 1.29 is 9.53 Å². The standard InChI is InChI=1S/C13H21N3O2/c1-9(2)10(11(17)18-13(3,4)5)16-12-14-7-6-8-15-12/h6-10H,1-5H3,(H,14,15,16). The van der Waals surface area contributed by atoms with Gasteiger partial charge < -0.3 is 10.1 Å². The molecule has 1 unspecified atom stereocenters. The summed E-state index contributed by atoms with van der Waals surface area (Å²) in [6.07, 6.45) is 3.25. The SMILES string of the molecule is CC(C)C(Nc1ncccn1)C(=O)OC(C)(C)C. The monoisotopic (exact) mass is 251 g/mol. The summed E-state index contributed by atoms with van der Waals surface area (Å²) in [5.74, 6) is 0.232. The van der Waals surface area contributed by atoms with Gasteiger partial charge in [0.15, 0.2) is 0 Å². The van der Waals surface area contributed by atoms with Crippen molar-refractivity contribution in [1.29, 1.82) is 0 Å². The number of rotatable bonds is 4. The first-order valence-electron chi connectivity index (χ1n) is 6.06. The first-order chi connectivity index (χ1) is 8.29. The van der Waals surface area contributed by atoms with E-state index in [9.17, 15) is 4.79 Å². The molecule has 0 aliphatic heterocycles. The van der Waals surface area contributed by atoms with Crippen molar-refractivity contribution in [2.45, 2.75) is 46.3 Å². The van der Waals surface area contributed by atoms with Gasteiger partial charge in [0, 0.05) is 12.4 Å². The van der Waals surface area contributed by atoms with E-state index in [-0.39, 0.29) is 11.9 Å². The normalized spacial score (nSPS) is 13.2. The van der Waals surface area contributed by atoms with Gasteiger partial charge in [0.05, 0.1) is 0 Å². The van der Waals surface area contributed by atoms with Crippen LogP contribution in [0.3, 0.4) is 0 Å². The van der Waals surface area contributed by atoms with Crippen LogP contribution in [0, 0.1) is 5.92 Å². The highest BCUT2D eigenvalue weighted by molar-refractivity contribution is 5.79. The van der Waals surface area contributed by atoms with Crippen molar-refractivity contribution in [3.8, 4) is 0 Å². The summed E-state index contributed by atoms with van der Waals surface area (Å²) in [6, 6.07) is 1.27. The van der Waals surface area contributed by atoms with E-state index in [0.717, 1.165) is 0 Å². The minimum Gasteiger partial charge on any atom is -0.458 e. The summed E-state index contributed by atoms with van der Waals surface area (Å²) in [7, 11) is 0. The number of carbonyl (C=O) groups excluding carboxylic acids is 1. The molecule has 0 saturated carbocycles. The fourth-order valence-corrected chi connectivity index (χ4v) is 1.38. The maximum atomic E-state index is 12.1. The van der Waals surface area contributed by atoms with Crippen molar-refractivity contribution in [2.24, 2.45) is 5.92 Å². The van der Waals surface area contributed by atoms with Crippen molar-refractivity contribution in [3.63, 3.8) is 0 Å². The van der Waals surface area contributed by atoms with Gasteiger partial charge >= 0.3 is 5.97 Å². The summed E-state index contributed by atoms with van der Waals surface area (Å²) in [5.41, 5.74) is -0.497. The average molecular weight is 251 g/mol. The molecule has 5 nitrogen and oxygen atoms in total. The Hall–Kier alpha value is -1.65. The zero-order valence-corrected chi connectivity index (χ0v) is 11.6. The van der Waals surface area contributed by atoms with Gasteiger partial charge in [0.25, 0.3) is 0 Å². The molecule has 1 aromatic heterocycles. The zero-order valence-electron chi connectivity index (χ0n) is 11.6. The number of carbonyl (C=O) groups is 1. The number of nitrogens with one attached hydrogen (secondary N) is 1. The van der Waals surface area contributed by atoms with Crippen LogP contribution in [0.25, 0.3) is 0 Å². The molecular weight excluding hydrogens is 230 g/mol. The van der Waals surface area contributed by atoms with Crippen molar-refractivity contribution in [2.75, 3.05) is 5.32 Å². The van der Waals surface area contributed by atoms with Gasteiger partial charge in [-0.05, 0) is 32.8 Å². The summed E-state index contributed by atoms with van der Waals surface area (Å²) in [6.45, 7) is 9.44. The lowest BCUT2D eigenvalue weighted by Crippen LogP contribution is -2.40. The molecule has 0 amide bonds. The number of hydrogen-bond acceptors (Lipinski definition) is 5. The maximum Gasteiger partial charge on any atom is 0.329 e. The predicted molar refractivity (Wildman–Crippen MR) is 70.1 cm³/mol. The predicted octanol–water partition coefficient (Wildman–Crippen LogP) is 2.25. The summed E-state index contributed by atoms with van der Waals surface area (Å²) < 4.78 is 5.38. The van der Waals surface area contributed by atoms with E-state index >= 15 is 0 Å². The van der Waals surface area contributed by atoms with Gasteiger partial charge in [-0.25, -0.2) is 14.8 Å². The van der Waals surface area contributed by atoms with E-state index in [1.54, 1.807) is 18.5 Å². The quantitative estimate of drug-likeness (QED) is 0.831. The molecule has 0 aliphatic rings. The Labute approximate surface area is 108 Å². The Balaban J connectivity index is 2.75. The van der Waals surface area contributed by atoms with Crippen LogP contribution < -0.4 is 5.32 Å². The molecule has 1 rings (SSSR count). The smallest absolute Gasteiger partial charge is 0.329 e. The second-order valence-corrected chi connectivity index (χ2v) is 5.47. The molecule has 1 atom stereocenters. The Morgan fingerprint density at radius 2 is 1.83 bits per heavy atom. The van der Waals surface area contributed by atoms with Crippen LogP contribution >= 0.6 is 0 Å². The molecule has 18 heavy (non-hydrogen) atoms. The van der Waals surface area contributed by atoms with E-state index in [1.807, 2.05) is 34.6 Å². The van der Waals surface area contributed by atoms with E-state index in [0.29, 0.717) is 5.95 Å². The molecule has 1 aromatic rings. The second kappa shape index (κ2) is 5.80. The molecule has 0 bridgehead atoms. The van der Waals surface area contributed by atoms with Gasteiger partial charge in [0.2, 0.25) is 5.95 Å². The first kappa shape index (κ1) is 14.4. The van der Waals surface area contributed by atoms with Gasteiger partial charge in [-0.2, -0.15) is 0 Å². The number of nitrogens with zero attached hydrogens (tertiary/aromatic N) is 2. The molecule has 0 fully saturated rings. The van der Waals surface area contributed by atoms with Crippen molar-refractivity contribution in [3.05, 3.63) is 18.5 Å². The Morgan fingerprint density at radius 1 is 1.28 bits per heavy atom. The molecule has 0 aliphatic carbocycles. The van der Waals surface area contributed by atoms with Crippen molar-refractivity contribution >= 4 is 11.9 Å². The van der Waals surface area contributed by atoms with Gasteiger partial charge in [-0.3, -0.25) is 0 Å². The first-order valence-corrected chi connectivity index (χ1v) is 6.06. The van der Waals surface area contributed by atoms with Crippen LogP contribution in [0.2, 0.25) is 0 Å². The molecule has 0 spiro atoms. The van der Waals surface area contributed by atoms with Crippen LogP contribution in [0.4, 0.5) is 5.95 Å². The fraction of sp³-hybridized carbons (Fsp3) is 0.615. The number of esters is 1. The molecule has 1 N–H and O–H groups in total. The Bertz CT molecular complexity index is 385. The highest BCUT2D eigenvalue weighted by atomic mass is 16.6.